The summed E-state index contributed by atoms with van der Waals surface area (Å²) in [6, 6.07) is 2.67. The third-order valence-electron chi connectivity index (χ3n) is 3.14. The topological polar surface area (TPSA) is 46.3 Å². The van der Waals surface area contributed by atoms with E-state index in [1.165, 1.54) is 6.42 Å². The second kappa shape index (κ2) is 3.17. The smallest absolute Gasteiger partial charge is 0.254 e. The largest absolute Gasteiger partial charge is 0.354 e. The van der Waals surface area contributed by atoms with Gasteiger partial charge in [-0.25, -0.2) is 4.98 Å². The maximum Gasteiger partial charge on any atom is 0.254 e. The van der Waals surface area contributed by atoms with E-state index < -0.39 is 0 Å². The monoisotopic (exact) mass is 217 g/mol. The number of fused-ring (bicyclic) bond motifs is 1. The van der Waals surface area contributed by atoms with Gasteiger partial charge in [0.2, 0.25) is 0 Å². The Morgan fingerprint density at radius 2 is 2.12 bits per heavy atom. The highest BCUT2D eigenvalue weighted by atomic mass is 15.4. The molecule has 0 N–H and O–H groups in total. The van der Waals surface area contributed by atoms with Gasteiger partial charge in [0.15, 0.2) is 0 Å². The summed E-state index contributed by atoms with van der Waals surface area (Å²) >= 11 is 0. The van der Waals surface area contributed by atoms with Crippen molar-refractivity contribution in [2.75, 3.05) is 11.4 Å². The van der Waals surface area contributed by atoms with E-state index in [4.69, 9.17) is 0 Å². The number of aromatic nitrogens is 4. The number of nitrogens with zero attached hydrogens (tertiary/aromatic N) is 5. The summed E-state index contributed by atoms with van der Waals surface area (Å²) < 4.78 is 1.85. The first-order valence-corrected chi connectivity index (χ1v) is 5.63. The van der Waals surface area contributed by atoms with Crippen molar-refractivity contribution in [2.24, 2.45) is 0 Å². The molecular weight excluding hydrogens is 202 g/mol. The van der Waals surface area contributed by atoms with Crippen LogP contribution in [0.1, 0.15) is 24.9 Å². The molecule has 1 saturated heterocycles. The van der Waals surface area contributed by atoms with Gasteiger partial charge < -0.3 is 4.90 Å². The van der Waals surface area contributed by atoms with Crippen LogP contribution >= 0.6 is 0 Å². The van der Waals surface area contributed by atoms with Crippen LogP contribution in [-0.4, -0.2) is 32.2 Å². The maximum absolute atomic E-state index is 4.39. The minimum absolute atomic E-state index is 0.592. The molecule has 5 nitrogen and oxygen atoms in total. The molecule has 3 heterocycles. The predicted molar refractivity (Wildman–Crippen MR) is 61.7 cm³/mol. The fourth-order valence-corrected chi connectivity index (χ4v) is 2.13. The van der Waals surface area contributed by atoms with Crippen LogP contribution in [0.15, 0.2) is 6.07 Å². The molecular formula is C11H15N5. The Morgan fingerprint density at radius 1 is 1.31 bits per heavy atom. The summed E-state index contributed by atoms with van der Waals surface area (Å²) in [6.45, 7) is 7.22. The molecule has 2 aromatic rings. The highest BCUT2D eigenvalue weighted by molar-refractivity contribution is 5.50. The molecule has 16 heavy (non-hydrogen) atoms. The second-order valence-corrected chi connectivity index (χ2v) is 4.46. The number of aryl methyl sites for hydroxylation is 2. The molecule has 1 aliphatic heterocycles. The van der Waals surface area contributed by atoms with Crippen molar-refractivity contribution < 1.29 is 0 Å². The SMILES string of the molecule is Cc1cc(N2CCC2C)n2nc(C)nc2n1. The fraction of sp³-hybridized carbons (Fsp3) is 0.545. The standard InChI is InChI=1S/C11H15N5/c1-7-6-10(15-5-4-8(15)2)16-11(12-7)13-9(3)14-16/h6,8H,4-5H2,1-3H3. The highest BCUT2D eigenvalue weighted by Crippen LogP contribution is 2.26. The maximum atomic E-state index is 4.39. The van der Waals surface area contributed by atoms with Gasteiger partial charge in [-0.3, -0.25) is 0 Å². The first kappa shape index (κ1) is 9.57. The van der Waals surface area contributed by atoms with Gasteiger partial charge in [0, 0.05) is 24.3 Å². The Labute approximate surface area is 94.1 Å². The van der Waals surface area contributed by atoms with Crippen LogP contribution in [0, 0.1) is 13.8 Å². The lowest BCUT2D eigenvalue weighted by Gasteiger charge is -2.40. The second-order valence-electron chi connectivity index (χ2n) is 4.46. The Balaban J connectivity index is 2.21. The first-order chi connectivity index (χ1) is 7.65. The van der Waals surface area contributed by atoms with Crippen molar-refractivity contribution >= 4 is 11.6 Å². The van der Waals surface area contributed by atoms with E-state index in [9.17, 15) is 0 Å². The lowest BCUT2D eigenvalue weighted by Crippen LogP contribution is -2.46. The number of hydrogen-bond donors (Lipinski definition) is 0. The third-order valence-corrected chi connectivity index (χ3v) is 3.14. The van der Waals surface area contributed by atoms with Crippen LogP contribution in [0.4, 0.5) is 5.82 Å². The van der Waals surface area contributed by atoms with E-state index in [1.807, 2.05) is 18.4 Å². The summed E-state index contributed by atoms with van der Waals surface area (Å²) in [4.78, 5) is 11.0. The molecule has 3 rings (SSSR count). The average molecular weight is 217 g/mol. The minimum Gasteiger partial charge on any atom is -0.354 e. The highest BCUT2D eigenvalue weighted by Gasteiger charge is 2.26. The normalized spacial score (nSPS) is 20.2. The predicted octanol–water partition coefficient (Wildman–Crippen LogP) is 1.34. The Bertz CT molecular complexity index is 545. The van der Waals surface area contributed by atoms with Crippen molar-refractivity contribution in [1.82, 2.24) is 19.6 Å². The summed E-state index contributed by atoms with van der Waals surface area (Å²) in [7, 11) is 0. The van der Waals surface area contributed by atoms with Crippen molar-refractivity contribution in [3.8, 4) is 0 Å². The van der Waals surface area contributed by atoms with Gasteiger partial charge in [-0.2, -0.15) is 9.50 Å². The van der Waals surface area contributed by atoms with E-state index in [2.05, 4.69) is 33.0 Å². The first-order valence-electron chi connectivity index (χ1n) is 5.63. The fourth-order valence-electron chi connectivity index (χ4n) is 2.13. The van der Waals surface area contributed by atoms with Gasteiger partial charge in [-0.1, -0.05) is 0 Å². The zero-order chi connectivity index (χ0) is 11.3. The molecule has 1 unspecified atom stereocenters. The van der Waals surface area contributed by atoms with Crippen LogP contribution in [0.5, 0.6) is 0 Å². The van der Waals surface area contributed by atoms with Crippen LogP contribution in [0.2, 0.25) is 0 Å². The van der Waals surface area contributed by atoms with Gasteiger partial charge in [0.05, 0.1) is 0 Å². The van der Waals surface area contributed by atoms with Crippen LogP contribution in [-0.2, 0) is 0 Å². The molecule has 0 aliphatic carbocycles. The molecule has 1 atom stereocenters. The van der Waals surface area contributed by atoms with Crippen molar-refractivity contribution in [3.05, 3.63) is 17.6 Å². The van der Waals surface area contributed by atoms with Gasteiger partial charge in [0.25, 0.3) is 5.78 Å². The Hall–Kier alpha value is -1.65. The molecule has 5 heteroatoms. The molecule has 1 fully saturated rings. The molecule has 84 valence electrons. The van der Waals surface area contributed by atoms with Crippen molar-refractivity contribution in [3.63, 3.8) is 0 Å². The van der Waals surface area contributed by atoms with E-state index in [0.717, 1.165) is 23.9 Å². The van der Waals surface area contributed by atoms with Crippen molar-refractivity contribution in [1.29, 1.82) is 0 Å². The lowest BCUT2D eigenvalue weighted by molar-refractivity contribution is 0.471. The molecule has 1 aliphatic rings. The van der Waals surface area contributed by atoms with E-state index >= 15 is 0 Å². The van der Waals surface area contributed by atoms with Crippen LogP contribution < -0.4 is 4.90 Å². The molecule has 0 bridgehead atoms. The van der Waals surface area contributed by atoms with Crippen LogP contribution in [0.25, 0.3) is 5.78 Å². The molecule has 0 spiro atoms. The number of rotatable bonds is 1. The van der Waals surface area contributed by atoms with E-state index in [0.29, 0.717) is 11.8 Å². The van der Waals surface area contributed by atoms with Gasteiger partial charge >= 0.3 is 0 Å². The quantitative estimate of drug-likeness (QED) is 0.723. The van der Waals surface area contributed by atoms with Gasteiger partial charge in [-0.15, -0.1) is 5.10 Å². The Morgan fingerprint density at radius 3 is 2.75 bits per heavy atom. The number of anilines is 1. The summed E-state index contributed by atoms with van der Waals surface area (Å²) in [5.74, 6) is 2.58. The average Bonchev–Trinajstić information content (AvgIpc) is 2.56. The summed E-state index contributed by atoms with van der Waals surface area (Å²) in [5.41, 5.74) is 0.994. The Kier molecular flexibility index (Phi) is 1.89. The third kappa shape index (κ3) is 1.27. The zero-order valence-electron chi connectivity index (χ0n) is 9.80. The van der Waals surface area contributed by atoms with Gasteiger partial charge in [-0.05, 0) is 27.2 Å². The van der Waals surface area contributed by atoms with Crippen LogP contribution in [0.3, 0.4) is 0 Å². The van der Waals surface area contributed by atoms with Crippen molar-refractivity contribution in [2.45, 2.75) is 33.2 Å². The van der Waals surface area contributed by atoms with E-state index in [-0.39, 0.29) is 0 Å². The zero-order valence-corrected chi connectivity index (χ0v) is 9.80. The van der Waals surface area contributed by atoms with Gasteiger partial charge in [0.1, 0.15) is 11.6 Å². The van der Waals surface area contributed by atoms with E-state index in [1.54, 1.807) is 0 Å². The molecule has 2 aromatic heterocycles. The summed E-state index contributed by atoms with van der Waals surface area (Å²) in [5, 5.41) is 4.39. The molecule has 0 aromatic carbocycles. The molecule has 0 radical (unpaired) electrons. The lowest BCUT2D eigenvalue weighted by atomic mass is 10.1. The number of hydrogen-bond acceptors (Lipinski definition) is 4. The molecule has 0 saturated carbocycles. The summed E-state index contributed by atoms with van der Waals surface area (Å²) in [6.07, 6.45) is 1.25. The molecule has 0 amide bonds. The minimum atomic E-state index is 0.592.